The Labute approximate surface area is 151 Å². The maximum atomic E-state index is 12.2. The summed E-state index contributed by atoms with van der Waals surface area (Å²) in [6.45, 7) is 5.30. The zero-order valence-corrected chi connectivity index (χ0v) is 14.9. The van der Waals surface area contributed by atoms with Crippen molar-refractivity contribution < 1.29 is 19.1 Å². The predicted octanol–water partition coefficient (Wildman–Crippen LogP) is 3.26. The molecule has 1 unspecified atom stereocenters. The first kappa shape index (κ1) is 17.7. The van der Waals surface area contributed by atoms with E-state index in [1.807, 2.05) is 30.3 Å². The molecule has 1 atom stereocenters. The number of para-hydroxylation sites is 1. The fourth-order valence-corrected chi connectivity index (χ4v) is 2.52. The molecule has 136 valence electrons. The fourth-order valence-electron chi connectivity index (χ4n) is 2.52. The Bertz CT molecular complexity index is 815. The molecule has 1 aromatic carbocycles. The summed E-state index contributed by atoms with van der Waals surface area (Å²) in [7, 11) is 0. The topological polar surface area (TPSA) is 89.6 Å². The molecule has 0 saturated carbocycles. The lowest BCUT2D eigenvalue weighted by Crippen LogP contribution is -2.49. The minimum Gasteiger partial charge on any atom is -0.444 e. The minimum absolute atomic E-state index is 0.304. The number of hydrogen-bond acceptors (Lipinski definition) is 5. The van der Waals surface area contributed by atoms with Crippen LogP contribution in [0.15, 0.2) is 42.6 Å². The Balaban J connectivity index is 1.72. The van der Waals surface area contributed by atoms with Crippen molar-refractivity contribution in [3.8, 4) is 11.6 Å². The highest BCUT2D eigenvalue weighted by Gasteiger charge is 2.29. The van der Waals surface area contributed by atoms with Gasteiger partial charge >= 0.3 is 6.09 Å². The number of nitrogens with one attached hydrogen (secondary N) is 2. The van der Waals surface area contributed by atoms with E-state index in [9.17, 15) is 9.59 Å². The second-order valence-corrected chi connectivity index (χ2v) is 6.99. The van der Waals surface area contributed by atoms with Crippen LogP contribution in [0.5, 0.6) is 11.6 Å². The maximum absolute atomic E-state index is 12.2. The molecule has 1 aliphatic rings. The van der Waals surface area contributed by atoms with E-state index >= 15 is 0 Å². The minimum atomic E-state index is -0.718. The van der Waals surface area contributed by atoms with Crippen LogP contribution in [-0.4, -0.2) is 28.6 Å². The monoisotopic (exact) mass is 355 g/mol. The molecule has 0 bridgehead atoms. The molecule has 0 spiro atoms. The third kappa shape index (κ3) is 4.50. The standard InChI is InChI=1S/C19H21N3O4/c1-19(2,3)26-18(24)22-14-9-12-10-16(20-11-15(12)21-17(14)23)25-13-7-5-4-6-8-13/h4-8,10-11,14H,9H2,1-3H3,(H,21,23)(H,22,24). The average Bonchev–Trinajstić information content (AvgIpc) is 2.55. The summed E-state index contributed by atoms with van der Waals surface area (Å²) in [5.74, 6) is 0.784. The Morgan fingerprint density at radius 2 is 2.00 bits per heavy atom. The number of benzene rings is 1. The third-order valence-electron chi connectivity index (χ3n) is 3.62. The molecule has 0 fully saturated rings. The summed E-state index contributed by atoms with van der Waals surface area (Å²) < 4.78 is 10.9. The first-order valence-corrected chi connectivity index (χ1v) is 8.32. The van der Waals surface area contributed by atoms with E-state index in [2.05, 4.69) is 15.6 Å². The number of fused-ring (bicyclic) bond motifs is 1. The molecule has 0 saturated heterocycles. The number of pyridine rings is 1. The molecular weight excluding hydrogens is 334 g/mol. The number of alkyl carbamates (subject to hydrolysis) is 1. The molecule has 26 heavy (non-hydrogen) atoms. The van der Waals surface area contributed by atoms with Crippen LogP contribution in [-0.2, 0) is 16.0 Å². The Morgan fingerprint density at radius 1 is 1.27 bits per heavy atom. The van der Waals surface area contributed by atoms with Crippen molar-refractivity contribution in [2.24, 2.45) is 0 Å². The van der Waals surface area contributed by atoms with E-state index < -0.39 is 17.7 Å². The number of amides is 2. The molecule has 2 heterocycles. The summed E-state index contributed by atoms with van der Waals surface area (Å²) >= 11 is 0. The Hall–Kier alpha value is -3.09. The van der Waals surface area contributed by atoms with Crippen LogP contribution in [0, 0.1) is 0 Å². The maximum Gasteiger partial charge on any atom is 0.408 e. The van der Waals surface area contributed by atoms with Gasteiger partial charge in [0.15, 0.2) is 0 Å². The molecule has 2 aromatic rings. The quantitative estimate of drug-likeness (QED) is 0.882. The van der Waals surface area contributed by atoms with Gasteiger partial charge in [-0.25, -0.2) is 9.78 Å². The number of nitrogens with zero attached hydrogens (tertiary/aromatic N) is 1. The summed E-state index contributed by atoms with van der Waals surface area (Å²) in [6, 6.07) is 10.3. The van der Waals surface area contributed by atoms with Crippen LogP contribution in [0.25, 0.3) is 0 Å². The third-order valence-corrected chi connectivity index (χ3v) is 3.62. The van der Waals surface area contributed by atoms with Crippen LogP contribution >= 0.6 is 0 Å². The Kier molecular flexibility index (Phi) is 4.79. The number of aromatic nitrogens is 1. The van der Waals surface area contributed by atoms with Crippen molar-refractivity contribution in [3.63, 3.8) is 0 Å². The number of rotatable bonds is 3. The highest BCUT2D eigenvalue weighted by atomic mass is 16.6. The molecule has 2 N–H and O–H groups in total. The molecule has 7 heteroatoms. The lowest BCUT2D eigenvalue weighted by Gasteiger charge is -2.27. The van der Waals surface area contributed by atoms with Gasteiger partial charge in [0.05, 0.1) is 11.9 Å². The second kappa shape index (κ2) is 7.03. The van der Waals surface area contributed by atoms with Gasteiger partial charge in [-0.3, -0.25) is 4.79 Å². The SMILES string of the molecule is CC(C)(C)OC(=O)NC1Cc2cc(Oc3ccccc3)ncc2NC1=O. The number of carbonyl (C=O) groups excluding carboxylic acids is 2. The van der Waals surface area contributed by atoms with E-state index in [-0.39, 0.29) is 5.91 Å². The van der Waals surface area contributed by atoms with Crippen LogP contribution in [0.4, 0.5) is 10.5 Å². The van der Waals surface area contributed by atoms with Gasteiger partial charge in [-0.15, -0.1) is 0 Å². The molecule has 3 rings (SSSR count). The number of ether oxygens (including phenoxy) is 2. The van der Waals surface area contributed by atoms with Gasteiger partial charge in [-0.05, 0) is 38.5 Å². The predicted molar refractivity (Wildman–Crippen MR) is 96.2 cm³/mol. The van der Waals surface area contributed by atoms with Gasteiger partial charge in [0, 0.05) is 12.5 Å². The molecule has 1 aliphatic heterocycles. The Morgan fingerprint density at radius 3 is 2.69 bits per heavy atom. The van der Waals surface area contributed by atoms with E-state index in [0.29, 0.717) is 23.7 Å². The molecule has 2 amide bonds. The molecule has 1 aromatic heterocycles. The number of hydrogen-bond donors (Lipinski definition) is 2. The van der Waals surface area contributed by atoms with E-state index in [0.717, 1.165) is 5.56 Å². The first-order valence-electron chi connectivity index (χ1n) is 8.32. The van der Waals surface area contributed by atoms with Gasteiger partial charge < -0.3 is 20.1 Å². The van der Waals surface area contributed by atoms with Crippen LogP contribution in [0.1, 0.15) is 26.3 Å². The van der Waals surface area contributed by atoms with Gasteiger partial charge in [0.2, 0.25) is 11.8 Å². The van der Waals surface area contributed by atoms with Crippen molar-refractivity contribution in [1.82, 2.24) is 10.3 Å². The van der Waals surface area contributed by atoms with Crippen molar-refractivity contribution in [3.05, 3.63) is 48.2 Å². The van der Waals surface area contributed by atoms with E-state index in [1.54, 1.807) is 33.0 Å². The first-order chi connectivity index (χ1) is 12.3. The summed E-state index contributed by atoms with van der Waals surface area (Å²) in [5, 5.41) is 5.34. The zero-order chi connectivity index (χ0) is 18.7. The number of carbonyl (C=O) groups is 2. The van der Waals surface area contributed by atoms with Crippen molar-refractivity contribution in [2.45, 2.75) is 38.8 Å². The van der Waals surface area contributed by atoms with Gasteiger partial charge in [0.25, 0.3) is 0 Å². The molecule has 7 nitrogen and oxygen atoms in total. The summed E-state index contributed by atoms with van der Waals surface area (Å²) in [4.78, 5) is 28.3. The van der Waals surface area contributed by atoms with Crippen LogP contribution in [0.2, 0.25) is 0 Å². The van der Waals surface area contributed by atoms with E-state index in [1.165, 1.54) is 0 Å². The average molecular weight is 355 g/mol. The summed E-state index contributed by atoms with van der Waals surface area (Å²) in [5.41, 5.74) is 0.803. The lowest BCUT2D eigenvalue weighted by atomic mass is 10.0. The van der Waals surface area contributed by atoms with Gasteiger partial charge in [-0.2, -0.15) is 0 Å². The van der Waals surface area contributed by atoms with E-state index in [4.69, 9.17) is 9.47 Å². The number of anilines is 1. The highest BCUT2D eigenvalue weighted by Crippen LogP contribution is 2.27. The fraction of sp³-hybridized carbons (Fsp3) is 0.316. The lowest BCUT2D eigenvalue weighted by molar-refractivity contribution is -0.118. The molecule has 0 radical (unpaired) electrons. The van der Waals surface area contributed by atoms with Crippen LogP contribution < -0.4 is 15.4 Å². The van der Waals surface area contributed by atoms with Gasteiger partial charge in [-0.1, -0.05) is 18.2 Å². The molecular formula is C19H21N3O4. The molecule has 0 aliphatic carbocycles. The van der Waals surface area contributed by atoms with Crippen molar-refractivity contribution in [2.75, 3.05) is 5.32 Å². The van der Waals surface area contributed by atoms with Crippen molar-refractivity contribution >= 4 is 17.7 Å². The van der Waals surface area contributed by atoms with Crippen molar-refractivity contribution in [1.29, 1.82) is 0 Å². The summed E-state index contributed by atoms with van der Waals surface area (Å²) in [6.07, 6.45) is 1.25. The highest BCUT2D eigenvalue weighted by molar-refractivity contribution is 5.99. The largest absolute Gasteiger partial charge is 0.444 e. The smallest absolute Gasteiger partial charge is 0.408 e. The zero-order valence-electron chi connectivity index (χ0n) is 14.9. The van der Waals surface area contributed by atoms with Gasteiger partial charge in [0.1, 0.15) is 17.4 Å². The normalized spacial score (nSPS) is 16.3. The second-order valence-electron chi connectivity index (χ2n) is 6.99. The van der Waals surface area contributed by atoms with Crippen LogP contribution in [0.3, 0.4) is 0 Å².